The Morgan fingerprint density at radius 1 is 1.47 bits per heavy atom. The van der Waals surface area contributed by atoms with Gasteiger partial charge in [0.25, 0.3) is 0 Å². The van der Waals surface area contributed by atoms with Crippen molar-refractivity contribution in [2.45, 2.75) is 32.2 Å². The fraction of sp³-hybridized carbons (Fsp3) is 0.800. The second-order valence-corrected chi connectivity index (χ2v) is 4.11. The van der Waals surface area contributed by atoms with Gasteiger partial charge in [0.05, 0.1) is 0 Å². The topological polar surface area (TPSA) is 83.6 Å². The van der Waals surface area contributed by atoms with E-state index >= 15 is 0 Å². The number of nitrogens with zero attached hydrogens (tertiary/aromatic N) is 1. The summed E-state index contributed by atoms with van der Waals surface area (Å²) < 4.78 is 0. The predicted molar refractivity (Wildman–Crippen MR) is 55.2 cm³/mol. The molecule has 0 aromatic rings. The van der Waals surface area contributed by atoms with Crippen molar-refractivity contribution in [3.63, 3.8) is 0 Å². The lowest BCUT2D eigenvalue weighted by Crippen LogP contribution is -2.49. The van der Waals surface area contributed by atoms with Gasteiger partial charge < -0.3 is 15.7 Å². The summed E-state index contributed by atoms with van der Waals surface area (Å²) in [5.74, 6) is -0.764. The number of amides is 1. The van der Waals surface area contributed by atoms with Crippen LogP contribution in [0, 0.1) is 5.92 Å². The number of carboxylic acids is 1. The van der Waals surface area contributed by atoms with Crippen LogP contribution < -0.4 is 5.73 Å². The van der Waals surface area contributed by atoms with Crippen molar-refractivity contribution < 1.29 is 14.7 Å². The van der Waals surface area contributed by atoms with Crippen LogP contribution in [0.25, 0.3) is 0 Å². The number of aliphatic carboxylic acids is 1. The first-order valence-corrected chi connectivity index (χ1v) is 5.28. The number of hydrogen-bond acceptors (Lipinski definition) is 3. The fourth-order valence-corrected chi connectivity index (χ4v) is 2.07. The van der Waals surface area contributed by atoms with Crippen LogP contribution in [-0.2, 0) is 9.59 Å². The van der Waals surface area contributed by atoms with Gasteiger partial charge in [0.1, 0.15) is 0 Å². The van der Waals surface area contributed by atoms with E-state index in [9.17, 15) is 9.59 Å². The van der Waals surface area contributed by atoms with E-state index in [1.165, 1.54) is 0 Å². The molecule has 5 nitrogen and oxygen atoms in total. The molecular formula is C10H18N2O3. The zero-order valence-corrected chi connectivity index (χ0v) is 8.98. The second-order valence-electron chi connectivity index (χ2n) is 4.11. The zero-order valence-electron chi connectivity index (χ0n) is 8.98. The number of piperidine rings is 1. The van der Waals surface area contributed by atoms with Crippen molar-refractivity contribution in [1.82, 2.24) is 4.90 Å². The number of nitrogens with two attached hydrogens (primary N) is 1. The van der Waals surface area contributed by atoms with Crippen LogP contribution in [0.1, 0.15) is 26.2 Å². The zero-order chi connectivity index (χ0) is 11.4. The Balaban J connectivity index is 2.55. The van der Waals surface area contributed by atoms with Crippen molar-refractivity contribution in [2.75, 3.05) is 13.1 Å². The Morgan fingerprint density at radius 2 is 2.13 bits per heavy atom. The van der Waals surface area contributed by atoms with Gasteiger partial charge in [0, 0.05) is 32.0 Å². The van der Waals surface area contributed by atoms with Gasteiger partial charge in [-0.2, -0.15) is 0 Å². The summed E-state index contributed by atoms with van der Waals surface area (Å²) in [6.45, 7) is 2.89. The van der Waals surface area contributed by atoms with Crippen LogP contribution in [0.5, 0.6) is 0 Å². The third-order valence-electron chi connectivity index (χ3n) is 2.69. The smallest absolute Gasteiger partial charge is 0.303 e. The van der Waals surface area contributed by atoms with E-state index in [0.29, 0.717) is 25.9 Å². The molecule has 1 aliphatic heterocycles. The van der Waals surface area contributed by atoms with Crippen LogP contribution in [0.3, 0.4) is 0 Å². The van der Waals surface area contributed by atoms with Gasteiger partial charge in [0.15, 0.2) is 0 Å². The Labute approximate surface area is 89.2 Å². The van der Waals surface area contributed by atoms with Crippen molar-refractivity contribution >= 4 is 11.9 Å². The molecule has 1 heterocycles. The fourth-order valence-electron chi connectivity index (χ4n) is 2.07. The summed E-state index contributed by atoms with van der Waals surface area (Å²) in [7, 11) is 0. The molecular weight excluding hydrogens is 196 g/mol. The van der Waals surface area contributed by atoms with Crippen molar-refractivity contribution in [2.24, 2.45) is 11.7 Å². The standard InChI is InChI=1S/C10H18N2O3/c1-2-9(13)12-5-7(4-10(14)15)3-8(11)6-12/h7-8H,2-6,11H2,1H3,(H,14,15). The maximum atomic E-state index is 11.5. The van der Waals surface area contributed by atoms with Crippen LogP contribution in [0.2, 0.25) is 0 Å². The number of carbonyl (C=O) groups excluding carboxylic acids is 1. The third-order valence-corrected chi connectivity index (χ3v) is 2.69. The molecule has 1 fully saturated rings. The largest absolute Gasteiger partial charge is 0.481 e. The van der Waals surface area contributed by atoms with E-state index in [0.717, 1.165) is 0 Å². The molecule has 0 aromatic heterocycles. The minimum Gasteiger partial charge on any atom is -0.481 e. The summed E-state index contributed by atoms with van der Waals surface area (Å²) in [6.07, 6.45) is 1.24. The van der Waals surface area contributed by atoms with Crippen molar-refractivity contribution in [3.8, 4) is 0 Å². The Bertz CT molecular complexity index is 255. The minimum atomic E-state index is -0.821. The van der Waals surface area contributed by atoms with Gasteiger partial charge in [-0.05, 0) is 12.3 Å². The van der Waals surface area contributed by atoms with Gasteiger partial charge in [-0.3, -0.25) is 9.59 Å². The molecule has 2 atom stereocenters. The molecule has 86 valence electrons. The highest BCUT2D eigenvalue weighted by Gasteiger charge is 2.28. The van der Waals surface area contributed by atoms with E-state index in [-0.39, 0.29) is 24.3 Å². The van der Waals surface area contributed by atoms with Crippen LogP contribution >= 0.6 is 0 Å². The third kappa shape index (κ3) is 3.51. The van der Waals surface area contributed by atoms with Gasteiger partial charge in [-0.15, -0.1) is 0 Å². The molecule has 1 aliphatic rings. The molecule has 1 rings (SSSR count). The molecule has 0 bridgehead atoms. The predicted octanol–water partition coefficient (Wildman–Crippen LogP) is 0.0469. The lowest BCUT2D eigenvalue weighted by molar-refractivity contribution is -0.140. The highest BCUT2D eigenvalue weighted by atomic mass is 16.4. The number of carbonyl (C=O) groups is 2. The average molecular weight is 214 g/mol. The highest BCUT2D eigenvalue weighted by Crippen LogP contribution is 2.19. The lowest BCUT2D eigenvalue weighted by atomic mass is 9.92. The first-order chi connectivity index (χ1) is 7.02. The molecule has 1 saturated heterocycles. The Morgan fingerprint density at radius 3 is 2.67 bits per heavy atom. The SMILES string of the molecule is CCC(=O)N1CC(N)CC(CC(=O)O)C1. The Kier molecular flexibility index (Phi) is 4.08. The number of hydrogen-bond donors (Lipinski definition) is 2. The van der Waals surface area contributed by atoms with E-state index in [1.54, 1.807) is 11.8 Å². The normalized spacial score (nSPS) is 26.4. The molecule has 3 N–H and O–H groups in total. The van der Waals surface area contributed by atoms with E-state index in [2.05, 4.69) is 0 Å². The van der Waals surface area contributed by atoms with E-state index in [1.807, 2.05) is 0 Å². The lowest BCUT2D eigenvalue weighted by Gasteiger charge is -2.35. The quantitative estimate of drug-likeness (QED) is 0.695. The van der Waals surface area contributed by atoms with Crippen LogP contribution in [0.15, 0.2) is 0 Å². The molecule has 0 radical (unpaired) electrons. The summed E-state index contributed by atoms with van der Waals surface area (Å²) in [5.41, 5.74) is 5.80. The highest BCUT2D eigenvalue weighted by molar-refractivity contribution is 5.76. The molecule has 0 aliphatic carbocycles. The molecule has 5 heteroatoms. The van der Waals surface area contributed by atoms with E-state index < -0.39 is 5.97 Å². The van der Waals surface area contributed by atoms with Crippen LogP contribution in [0.4, 0.5) is 0 Å². The summed E-state index contributed by atoms with van der Waals surface area (Å²) >= 11 is 0. The summed E-state index contributed by atoms with van der Waals surface area (Å²) in [5, 5.41) is 8.69. The Hall–Kier alpha value is -1.10. The summed E-state index contributed by atoms with van der Waals surface area (Å²) in [6, 6.07) is -0.0846. The molecule has 1 amide bonds. The number of carboxylic acid groups (broad SMARTS) is 1. The molecule has 0 spiro atoms. The number of likely N-dealkylation sites (tertiary alicyclic amines) is 1. The maximum absolute atomic E-state index is 11.5. The van der Waals surface area contributed by atoms with Crippen molar-refractivity contribution in [1.29, 1.82) is 0 Å². The van der Waals surface area contributed by atoms with Gasteiger partial charge in [-0.1, -0.05) is 6.92 Å². The average Bonchev–Trinajstić information content (AvgIpc) is 2.14. The molecule has 15 heavy (non-hydrogen) atoms. The minimum absolute atomic E-state index is 0.00162. The van der Waals surface area contributed by atoms with Gasteiger partial charge in [0.2, 0.25) is 5.91 Å². The summed E-state index contributed by atoms with van der Waals surface area (Å²) in [4.78, 5) is 23.7. The second kappa shape index (κ2) is 5.11. The molecule has 0 saturated carbocycles. The maximum Gasteiger partial charge on any atom is 0.303 e. The molecule has 0 aromatic carbocycles. The van der Waals surface area contributed by atoms with Gasteiger partial charge in [-0.25, -0.2) is 0 Å². The molecule has 2 unspecified atom stereocenters. The van der Waals surface area contributed by atoms with Crippen molar-refractivity contribution in [3.05, 3.63) is 0 Å². The van der Waals surface area contributed by atoms with Crippen LogP contribution in [-0.4, -0.2) is 41.0 Å². The van der Waals surface area contributed by atoms with Gasteiger partial charge >= 0.3 is 5.97 Å². The first-order valence-electron chi connectivity index (χ1n) is 5.28. The first kappa shape index (κ1) is 12.0. The number of rotatable bonds is 3. The monoisotopic (exact) mass is 214 g/mol. The van der Waals surface area contributed by atoms with E-state index in [4.69, 9.17) is 10.8 Å².